The number of pyridine rings is 1. The quantitative estimate of drug-likeness (QED) is 0.193. The molecule has 0 fully saturated rings. The molecule has 0 spiro atoms. The van der Waals surface area contributed by atoms with Gasteiger partial charge >= 0.3 is 0 Å². The molecule has 6 nitrogen and oxygen atoms in total. The number of aromatic nitrogens is 1. The summed E-state index contributed by atoms with van der Waals surface area (Å²) in [5.41, 5.74) is 3.17. The number of para-hydroxylation sites is 1. The van der Waals surface area contributed by atoms with E-state index in [1.165, 1.54) is 5.56 Å². The highest BCUT2D eigenvalue weighted by atomic mass is 79.9. The van der Waals surface area contributed by atoms with Crippen LogP contribution in [0.2, 0.25) is 0 Å². The first kappa shape index (κ1) is 23.8. The van der Waals surface area contributed by atoms with E-state index in [1.54, 1.807) is 18.6 Å². The van der Waals surface area contributed by atoms with Crippen molar-refractivity contribution < 1.29 is 4.42 Å². The van der Waals surface area contributed by atoms with Gasteiger partial charge in [0.15, 0.2) is 5.43 Å². The van der Waals surface area contributed by atoms with Crippen LogP contribution < -0.4 is 21.4 Å². The summed E-state index contributed by atoms with van der Waals surface area (Å²) in [5.74, 6) is 0.736. The second kappa shape index (κ2) is 11.7. The zero-order chi connectivity index (χ0) is 23.0. The number of H-pyrrole nitrogens is 1. The van der Waals surface area contributed by atoms with Crippen LogP contribution in [-0.2, 0) is 13.1 Å². The van der Waals surface area contributed by atoms with Gasteiger partial charge in [-0.25, -0.2) is 0 Å². The van der Waals surface area contributed by atoms with Crippen molar-refractivity contribution in [3.63, 3.8) is 0 Å². The Morgan fingerprint density at radius 1 is 0.970 bits per heavy atom. The minimum Gasteiger partial charge on any atom is -0.472 e. The van der Waals surface area contributed by atoms with E-state index >= 15 is 0 Å². The van der Waals surface area contributed by atoms with Crippen molar-refractivity contribution in [3.8, 4) is 0 Å². The van der Waals surface area contributed by atoms with Crippen LogP contribution >= 0.6 is 31.9 Å². The van der Waals surface area contributed by atoms with Crippen molar-refractivity contribution in [2.45, 2.75) is 25.6 Å². The summed E-state index contributed by atoms with van der Waals surface area (Å²) in [5, 5.41) is 11.2. The molecule has 172 valence electrons. The first-order valence-corrected chi connectivity index (χ1v) is 12.4. The van der Waals surface area contributed by atoms with E-state index in [2.05, 4.69) is 64.9 Å². The molecule has 1 atom stereocenters. The van der Waals surface area contributed by atoms with Crippen molar-refractivity contribution in [1.82, 2.24) is 15.6 Å². The van der Waals surface area contributed by atoms with E-state index in [0.29, 0.717) is 5.39 Å². The van der Waals surface area contributed by atoms with Gasteiger partial charge in [-0.3, -0.25) is 4.79 Å². The molecule has 8 heteroatoms. The van der Waals surface area contributed by atoms with Gasteiger partial charge in [0, 0.05) is 58.2 Å². The summed E-state index contributed by atoms with van der Waals surface area (Å²) in [6.45, 7) is 3.03. The molecular weight excluding hydrogens is 548 g/mol. The summed E-state index contributed by atoms with van der Waals surface area (Å²) >= 11 is 7.11. The minimum absolute atomic E-state index is 0.0172. The first-order chi connectivity index (χ1) is 16.1. The summed E-state index contributed by atoms with van der Waals surface area (Å²) < 4.78 is 7.24. The molecule has 0 bridgehead atoms. The molecular formula is C25H26Br2N4O2. The fourth-order valence-corrected chi connectivity index (χ4v) is 5.10. The predicted octanol–water partition coefficient (Wildman–Crippen LogP) is 5.40. The van der Waals surface area contributed by atoms with Crippen molar-refractivity contribution in [2.75, 3.05) is 18.4 Å². The third kappa shape index (κ3) is 7.04. The van der Waals surface area contributed by atoms with Crippen LogP contribution in [0.25, 0.3) is 10.9 Å². The zero-order valence-electron chi connectivity index (χ0n) is 18.0. The second-order valence-corrected chi connectivity index (χ2v) is 9.76. The number of aromatic amines is 1. The van der Waals surface area contributed by atoms with Gasteiger partial charge in [-0.15, -0.1) is 0 Å². The molecule has 0 aliphatic heterocycles. The molecule has 4 rings (SSSR count). The number of hydrogen-bond acceptors (Lipinski definition) is 5. The molecule has 0 amide bonds. The minimum atomic E-state index is 0.0172. The van der Waals surface area contributed by atoms with Crippen LogP contribution in [-0.4, -0.2) is 24.1 Å². The summed E-state index contributed by atoms with van der Waals surface area (Å²) in [7, 11) is 0. The molecule has 0 saturated carbocycles. The Hall–Kier alpha value is -2.39. The normalized spacial score (nSPS) is 12.2. The number of anilines is 1. The molecule has 2 heterocycles. The number of hydrogen-bond donors (Lipinski definition) is 4. The van der Waals surface area contributed by atoms with Crippen LogP contribution in [0.5, 0.6) is 0 Å². The van der Waals surface area contributed by atoms with Crippen LogP contribution in [0.3, 0.4) is 0 Å². The molecule has 33 heavy (non-hydrogen) atoms. The lowest BCUT2D eigenvalue weighted by molar-refractivity contribution is 0.453. The third-order valence-electron chi connectivity index (χ3n) is 5.36. The highest BCUT2D eigenvalue weighted by Crippen LogP contribution is 2.20. The molecule has 4 N–H and O–H groups in total. The van der Waals surface area contributed by atoms with Gasteiger partial charge < -0.3 is 25.4 Å². The number of benzene rings is 2. The van der Waals surface area contributed by atoms with Gasteiger partial charge in [0.1, 0.15) is 5.82 Å². The number of fused-ring (bicyclic) bond motifs is 1. The molecule has 4 aromatic rings. The number of rotatable bonds is 11. The largest absolute Gasteiger partial charge is 0.472 e. The topological polar surface area (TPSA) is 82.1 Å². The van der Waals surface area contributed by atoms with Crippen molar-refractivity contribution in [3.05, 3.63) is 97.4 Å². The van der Waals surface area contributed by atoms with Crippen LogP contribution in [0.4, 0.5) is 5.82 Å². The van der Waals surface area contributed by atoms with Gasteiger partial charge in [0.25, 0.3) is 0 Å². The van der Waals surface area contributed by atoms with E-state index in [1.807, 2.05) is 36.4 Å². The highest BCUT2D eigenvalue weighted by Gasteiger charge is 2.10. The molecule has 0 aliphatic rings. The molecule has 0 radical (unpaired) electrons. The van der Waals surface area contributed by atoms with Gasteiger partial charge in [-0.1, -0.05) is 44.0 Å². The van der Waals surface area contributed by atoms with Gasteiger partial charge in [-0.05, 0) is 48.4 Å². The number of nitrogens with one attached hydrogen (secondary N) is 4. The molecule has 1 unspecified atom stereocenters. The molecule has 0 aliphatic carbocycles. The second-order valence-electron chi connectivity index (χ2n) is 7.93. The average molecular weight is 574 g/mol. The van der Waals surface area contributed by atoms with Crippen molar-refractivity contribution >= 4 is 48.6 Å². The molecule has 0 saturated heterocycles. The smallest absolute Gasteiger partial charge is 0.191 e. The molecule has 2 aromatic carbocycles. The Balaban J connectivity index is 1.36. The standard InChI is InChI=1S/C25H26Br2N4O2/c26-19-9-18(10-20(27)11-19)14-30-21(15-28-13-17-6-8-33-16-17)5-7-29-25-12-24(32)22-3-1-2-4-23(22)31-25/h1-4,6,8-12,16,21,28,30H,5,7,13-15H2,(H2,29,31,32). The maximum atomic E-state index is 12.4. The lowest BCUT2D eigenvalue weighted by Crippen LogP contribution is -2.39. The van der Waals surface area contributed by atoms with E-state index in [9.17, 15) is 4.79 Å². The van der Waals surface area contributed by atoms with Gasteiger partial charge in [0.05, 0.1) is 18.0 Å². The van der Waals surface area contributed by atoms with E-state index in [-0.39, 0.29) is 11.5 Å². The number of halogens is 2. The van der Waals surface area contributed by atoms with Crippen molar-refractivity contribution in [1.29, 1.82) is 0 Å². The number of furan rings is 1. The summed E-state index contributed by atoms with van der Waals surface area (Å²) in [6.07, 6.45) is 4.32. The fourth-order valence-electron chi connectivity index (χ4n) is 3.71. The van der Waals surface area contributed by atoms with Crippen molar-refractivity contribution in [2.24, 2.45) is 0 Å². The summed E-state index contributed by atoms with van der Waals surface area (Å²) in [6, 6.07) is 17.6. The Morgan fingerprint density at radius 3 is 2.58 bits per heavy atom. The third-order valence-corrected chi connectivity index (χ3v) is 6.28. The maximum absolute atomic E-state index is 12.4. The lowest BCUT2D eigenvalue weighted by Gasteiger charge is -2.20. The Bertz CT molecular complexity index is 1220. The van der Waals surface area contributed by atoms with Crippen LogP contribution in [0, 0.1) is 0 Å². The predicted molar refractivity (Wildman–Crippen MR) is 141 cm³/mol. The monoisotopic (exact) mass is 572 g/mol. The van der Waals surface area contributed by atoms with E-state index < -0.39 is 0 Å². The van der Waals surface area contributed by atoms with E-state index in [0.717, 1.165) is 58.4 Å². The van der Waals surface area contributed by atoms with Crippen LogP contribution in [0.1, 0.15) is 17.5 Å². The van der Waals surface area contributed by atoms with Gasteiger partial charge in [-0.2, -0.15) is 0 Å². The fraction of sp³-hybridized carbons (Fsp3) is 0.240. The Kier molecular flexibility index (Phi) is 8.39. The maximum Gasteiger partial charge on any atom is 0.191 e. The first-order valence-electron chi connectivity index (χ1n) is 10.8. The Labute approximate surface area is 209 Å². The SMILES string of the molecule is O=c1cc(NCCC(CNCc2ccoc2)NCc2cc(Br)cc(Br)c2)[nH]c2ccccc12. The Morgan fingerprint density at radius 2 is 1.79 bits per heavy atom. The lowest BCUT2D eigenvalue weighted by atomic mass is 10.1. The highest BCUT2D eigenvalue weighted by molar-refractivity contribution is 9.11. The van der Waals surface area contributed by atoms with Gasteiger partial charge in [0.2, 0.25) is 0 Å². The average Bonchev–Trinajstić information content (AvgIpc) is 3.30. The molecule has 2 aromatic heterocycles. The van der Waals surface area contributed by atoms with E-state index in [4.69, 9.17) is 4.42 Å². The zero-order valence-corrected chi connectivity index (χ0v) is 21.2. The summed E-state index contributed by atoms with van der Waals surface area (Å²) in [4.78, 5) is 15.7. The van der Waals surface area contributed by atoms with Crippen LogP contribution in [0.15, 0.2) is 85.3 Å².